The maximum absolute atomic E-state index is 12.2. The van der Waals surface area contributed by atoms with E-state index in [1.165, 1.54) is 29.2 Å². The normalized spacial score (nSPS) is 10.3. The zero-order chi connectivity index (χ0) is 19.6. The molecular weight excluding hydrogens is 364 g/mol. The van der Waals surface area contributed by atoms with Gasteiger partial charge in [0, 0.05) is 17.6 Å². The molecule has 27 heavy (non-hydrogen) atoms. The monoisotopic (exact) mass is 380 g/mol. The smallest absolute Gasteiger partial charge is 0.357 e. The second-order valence-electron chi connectivity index (χ2n) is 5.71. The lowest BCUT2D eigenvalue weighted by Crippen LogP contribution is -2.13. The average molecular weight is 380 g/mol. The van der Waals surface area contributed by atoms with Crippen LogP contribution < -0.4 is 11.1 Å². The van der Waals surface area contributed by atoms with Crippen molar-refractivity contribution in [2.24, 2.45) is 0 Å². The summed E-state index contributed by atoms with van der Waals surface area (Å²) in [4.78, 5) is 24.9. The standard InChI is InChI=1S/C19H16N4O3S/c1-11-8-13(5-6-14(11)22-18(24)15-4-3-7-27-15)23-10-12(9-20)16(21)17(23)19(25)26-2/h3-8,10H,21H2,1-2H3,(H,22,24). The van der Waals surface area contributed by atoms with Crippen LogP contribution in [0.15, 0.2) is 41.9 Å². The van der Waals surface area contributed by atoms with Gasteiger partial charge in [-0.2, -0.15) is 5.26 Å². The number of hydrogen-bond acceptors (Lipinski definition) is 6. The highest BCUT2D eigenvalue weighted by Gasteiger charge is 2.22. The summed E-state index contributed by atoms with van der Waals surface area (Å²) in [5.41, 5.74) is 8.32. The molecule has 0 saturated heterocycles. The number of nitriles is 1. The minimum Gasteiger partial charge on any atom is -0.464 e. The minimum atomic E-state index is -0.637. The molecule has 7 nitrogen and oxygen atoms in total. The quantitative estimate of drug-likeness (QED) is 0.675. The van der Waals surface area contributed by atoms with Gasteiger partial charge in [-0.15, -0.1) is 11.3 Å². The van der Waals surface area contributed by atoms with Crippen LogP contribution >= 0.6 is 11.3 Å². The molecule has 0 bridgehead atoms. The number of thiophene rings is 1. The van der Waals surface area contributed by atoms with Crippen molar-refractivity contribution in [3.8, 4) is 11.8 Å². The third-order valence-corrected chi connectivity index (χ3v) is 4.89. The van der Waals surface area contributed by atoms with Gasteiger partial charge < -0.3 is 20.4 Å². The Balaban J connectivity index is 1.98. The topological polar surface area (TPSA) is 110 Å². The van der Waals surface area contributed by atoms with Crippen LogP contribution in [0, 0.1) is 18.3 Å². The van der Waals surface area contributed by atoms with E-state index in [9.17, 15) is 14.9 Å². The van der Waals surface area contributed by atoms with Gasteiger partial charge in [-0.1, -0.05) is 6.07 Å². The van der Waals surface area contributed by atoms with Gasteiger partial charge in [0.2, 0.25) is 0 Å². The summed E-state index contributed by atoms with van der Waals surface area (Å²) in [6.45, 7) is 1.84. The number of amides is 1. The number of nitrogen functional groups attached to an aromatic ring is 1. The van der Waals surface area contributed by atoms with E-state index in [0.29, 0.717) is 16.3 Å². The number of nitrogens with two attached hydrogens (primary N) is 1. The fourth-order valence-corrected chi connectivity index (χ4v) is 3.27. The number of carbonyl (C=O) groups excluding carboxylic acids is 2. The number of ether oxygens (including phenoxy) is 1. The molecule has 0 saturated carbocycles. The van der Waals surface area contributed by atoms with Gasteiger partial charge in [-0.05, 0) is 42.1 Å². The lowest BCUT2D eigenvalue weighted by atomic mass is 10.1. The van der Waals surface area contributed by atoms with Crippen LogP contribution in [0.3, 0.4) is 0 Å². The molecular formula is C19H16N4O3S. The Morgan fingerprint density at radius 1 is 1.33 bits per heavy atom. The maximum Gasteiger partial charge on any atom is 0.357 e. The number of rotatable bonds is 4. The van der Waals surface area contributed by atoms with Crippen molar-refractivity contribution >= 4 is 34.6 Å². The van der Waals surface area contributed by atoms with E-state index >= 15 is 0 Å². The van der Waals surface area contributed by atoms with E-state index in [4.69, 9.17) is 10.5 Å². The van der Waals surface area contributed by atoms with Crippen LogP contribution in [0.25, 0.3) is 5.69 Å². The molecule has 3 rings (SSSR count). The molecule has 1 aromatic carbocycles. The number of nitrogens with zero attached hydrogens (tertiary/aromatic N) is 2. The number of nitrogens with one attached hydrogen (secondary N) is 1. The van der Waals surface area contributed by atoms with E-state index in [2.05, 4.69) is 5.32 Å². The van der Waals surface area contributed by atoms with Crippen LogP contribution in [0.2, 0.25) is 0 Å². The summed E-state index contributed by atoms with van der Waals surface area (Å²) in [5.74, 6) is -0.824. The molecule has 2 aromatic heterocycles. The first-order valence-electron chi connectivity index (χ1n) is 7.91. The molecule has 136 valence electrons. The SMILES string of the molecule is COC(=O)c1c(N)c(C#N)cn1-c1ccc(NC(=O)c2cccs2)c(C)c1. The molecule has 0 aliphatic rings. The molecule has 0 fully saturated rings. The van der Waals surface area contributed by atoms with E-state index in [-0.39, 0.29) is 22.9 Å². The van der Waals surface area contributed by atoms with Gasteiger partial charge in [0.25, 0.3) is 5.91 Å². The predicted molar refractivity (Wildman–Crippen MR) is 103 cm³/mol. The summed E-state index contributed by atoms with van der Waals surface area (Å²) in [7, 11) is 1.25. The van der Waals surface area contributed by atoms with Crippen LogP contribution in [0.4, 0.5) is 11.4 Å². The highest BCUT2D eigenvalue weighted by atomic mass is 32.1. The summed E-state index contributed by atoms with van der Waals surface area (Å²) in [6.07, 6.45) is 1.49. The zero-order valence-corrected chi connectivity index (χ0v) is 15.5. The van der Waals surface area contributed by atoms with Crippen molar-refractivity contribution in [1.82, 2.24) is 4.57 Å². The van der Waals surface area contributed by atoms with Crippen LogP contribution in [-0.2, 0) is 4.74 Å². The molecule has 8 heteroatoms. The number of hydrogen-bond donors (Lipinski definition) is 2. The van der Waals surface area contributed by atoms with E-state index in [1.54, 1.807) is 24.3 Å². The molecule has 0 spiro atoms. The highest BCUT2D eigenvalue weighted by molar-refractivity contribution is 7.12. The van der Waals surface area contributed by atoms with Crippen molar-refractivity contribution < 1.29 is 14.3 Å². The number of benzene rings is 1. The van der Waals surface area contributed by atoms with Gasteiger partial charge in [-0.3, -0.25) is 4.79 Å². The van der Waals surface area contributed by atoms with Gasteiger partial charge in [0.1, 0.15) is 6.07 Å². The molecule has 3 aromatic rings. The molecule has 0 aliphatic heterocycles. The maximum atomic E-state index is 12.2. The fraction of sp³-hybridized carbons (Fsp3) is 0.105. The predicted octanol–water partition coefficient (Wildman–Crippen LogP) is 3.34. The molecule has 0 atom stereocenters. The number of aromatic nitrogens is 1. The van der Waals surface area contributed by atoms with Crippen molar-refractivity contribution in [1.29, 1.82) is 5.26 Å². The van der Waals surface area contributed by atoms with Crippen molar-refractivity contribution in [3.05, 3.63) is 63.6 Å². The molecule has 3 N–H and O–H groups in total. The van der Waals surface area contributed by atoms with Crippen LogP contribution in [-0.4, -0.2) is 23.6 Å². The van der Waals surface area contributed by atoms with Gasteiger partial charge in [0.15, 0.2) is 5.69 Å². The Kier molecular flexibility index (Phi) is 4.96. The van der Waals surface area contributed by atoms with Gasteiger partial charge >= 0.3 is 5.97 Å². The van der Waals surface area contributed by atoms with E-state index in [1.807, 2.05) is 24.4 Å². The van der Waals surface area contributed by atoms with Gasteiger partial charge in [-0.25, -0.2) is 4.79 Å². The zero-order valence-electron chi connectivity index (χ0n) is 14.6. The Morgan fingerprint density at radius 3 is 2.70 bits per heavy atom. The summed E-state index contributed by atoms with van der Waals surface area (Å²) in [6, 6.07) is 10.8. The van der Waals surface area contributed by atoms with Crippen molar-refractivity contribution in [2.75, 3.05) is 18.2 Å². The largest absolute Gasteiger partial charge is 0.464 e. The van der Waals surface area contributed by atoms with Gasteiger partial charge in [0.05, 0.1) is 23.2 Å². The van der Waals surface area contributed by atoms with Crippen molar-refractivity contribution in [3.63, 3.8) is 0 Å². The average Bonchev–Trinajstić information content (AvgIpc) is 3.30. The highest BCUT2D eigenvalue weighted by Crippen LogP contribution is 2.27. The van der Waals surface area contributed by atoms with E-state index in [0.717, 1.165) is 5.56 Å². The number of carbonyl (C=O) groups is 2. The summed E-state index contributed by atoms with van der Waals surface area (Å²) < 4.78 is 6.29. The third kappa shape index (κ3) is 3.41. The lowest BCUT2D eigenvalue weighted by Gasteiger charge is -2.12. The molecule has 0 unspecified atom stereocenters. The first-order valence-corrected chi connectivity index (χ1v) is 8.79. The number of methoxy groups -OCH3 is 1. The van der Waals surface area contributed by atoms with Crippen molar-refractivity contribution in [2.45, 2.75) is 6.92 Å². The number of aryl methyl sites for hydroxylation is 1. The number of anilines is 2. The molecule has 1 amide bonds. The molecule has 2 heterocycles. The molecule has 0 aliphatic carbocycles. The first kappa shape index (κ1) is 18.2. The Labute approximate surface area is 159 Å². The van der Waals surface area contributed by atoms with E-state index < -0.39 is 5.97 Å². The Hall–Kier alpha value is -3.57. The minimum absolute atomic E-state index is 0.0667. The summed E-state index contributed by atoms with van der Waals surface area (Å²) >= 11 is 1.36. The Bertz CT molecular complexity index is 1060. The van der Waals surface area contributed by atoms with Crippen LogP contribution in [0.5, 0.6) is 0 Å². The second-order valence-corrected chi connectivity index (χ2v) is 6.66. The summed E-state index contributed by atoms with van der Waals surface area (Å²) in [5, 5.41) is 13.9. The first-order chi connectivity index (χ1) is 13.0. The van der Waals surface area contributed by atoms with Crippen LogP contribution in [0.1, 0.15) is 31.3 Å². The Morgan fingerprint density at radius 2 is 2.11 bits per heavy atom. The lowest BCUT2D eigenvalue weighted by molar-refractivity contribution is 0.0593. The fourth-order valence-electron chi connectivity index (χ4n) is 2.65. The third-order valence-electron chi connectivity index (χ3n) is 4.02. The molecule has 0 radical (unpaired) electrons. The number of esters is 1. The second kappa shape index (κ2) is 7.35.